The fraction of sp³-hybridized carbons (Fsp3) is 0.250. The lowest BCUT2D eigenvalue weighted by Crippen LogP contribution is -2.04. The number of hydrogen-bond donors (Lipinski definition) is 1. The van der Waals surface area contributed by atoms with E-state index >= 15 is 0 Å². The first-order valence-electron chi connectivity index (χ1n) is 5.12. The van der Waals surface area contributed by atoms with Gasteiger partial charge in [-0.15, -0.1) is 0 Å². The molecule has 0 aliphatic rings. The van der Waals surface area contributed by atoms with E-state index in [1.54, 1.807) is 18.4 Å². The molecule has 84 valence electrons. The Morgan fingerprint density at radius 3 is 2.94 bits per heavy atom. The minimum absolute atomic E-state index is 0.629. The molecule has 0 bridgehead atoms. The van der Waals surface area contributed by atoms with Gasteiger partial charge in [-0.2, -0.15) is 0 Å². The van der Waals surface area contributed by atoms with Crippen molar-refractivity contribution in [1.82, 2.24) is 4.98 Å². The summed E-state index contributed by atoms with van der Waals surface area (Å²) in [6.07, 6.45) is 2.64. The lowest BCUT2D eigenvalue weighted by Gasteiger charge is -2.01. The molecule has 3 nitrogen and oxygen atoms in total. The van der Waals surface area contributed by atoms with Gasteiger partial charge >= 0.3 is 0 Å². The maximum atomic E-state index is 5.52. The van der Waals surface area contributed by atoms with E-state index in [0.717, 1.165) is 17.2 Å². The highest BCUT2D eigenvalue weighted by atomic mass is 32.1. The van der Waals surface area contributed by atoms with Crippen molar-refractivity contribution in [2.75, 3.05) is 13.7 Å². The molecule has 2 aromatic heterocycles. The van der Waals surface area contributed by atoms with Gasteiger partial charge in [0.1, 0.15) is 0 Å². The summed E-state index contributed by atoms with van der Waals surface area (Å²) < 4.78 is 5.18. The highest BCUT2D eigenvalue weighted by Crippen LogP contribution is 2.32. The number of hydrogen-bond acceptors (Lipinski definition) is 4. The summed E-state index contributed by atoms with van der Waals surface area (Å²) in [5.41, 5.74) is 7.73. The first-order valence-corrected chi connectivity index (χ1v) is 5.94. The van der Waals surface area contributed by atoms with Crippen LogP contribution in [0.4, 0.5) is 0 Å². The summed E-state index contributed by atoms with van der Waals surface area (Å²) in [6, 6.07) is 8.12. The van der Waals surface area contributed by atoms with E-state index in [0.29, 0.717) is 6.54 Å². The molecule has 2 aromatic rings. The van der Waals surface area contributed by atoms with Crippen LogP contribution in [0, 0.1) is 0 Å². The second kappa shape index (κ2) is 5.09. The van der Waals surface area contributed by atoms with Crippen LogP contribution in [0.25, 0.3) is 10.4 Å². The molecule has 0 aromatic carbocycles. The Morgan fingerprint density at radius 2 is 2.25 bits per heavy atom. The van der Waals surface area contributed by atoms with Crippen LogP contribution in [-0.2, 0) is 6.42 Å². The Morgan fingerprint density at radius 1 is 1.38 bits per heavy atom. The molecule has 0 unspecified atom stereocenters. The lowest BCUT2D eigenvalue weighted by atomic mass is 10.1. The van der Waals surface area contributed by atoms with E-state index in [2.05, 4.69) is 17.1 Å². The SMILES string of the molecule is COc1ccc(-c2ccnc(CCN)c2)s1. The van der Waals surface area contributed by atoms with E-state index in [1.165, 1.54) is 10.4 Å². The van der Waals surface area contributed by atoms with Crippen molar-refractivity contribution >= 4 is 11.3 Å². The number of pyridine rings is 1. The Bertz CT molecular complexity index is 468. The number of methoxy groups -OCH3 is 1. The van der Waals surface area contributed by atoms with Gasteiger partial charge in [-0.25, -0.2) is 0 Å². The average Bonchev–Trinajstić information content (AvgIpc) is 2.78. The van der Waals surface area contributed by atoms with Gasteiger partial charge in [-0.3, -0.25) is 4.98 Å². The zero-order valence-corrected chi connectivity index (χ0v) is 9.96. The minimum atomic E-state index is 0.629. The average molecular weight is 234 g/mol. The Labute approximate surface area is 98.9 Å². The predicted octanol–water partition coefficient (Wildman–Crippen LogP) is 2.32. The third-order valence-corrected chi connectivity index (χ3v) is 3.38. The number of rotatable bonds is 4. The summed E-state index contributed by atoms with van der Waals surface area (Å²) in [5.74, 6) is 0. The molecule has 0 spiro atoms. The van der Waals surface area contributed by atoms with Gasteiger partial charge in [0, 0.05) is 23.2 Å². The molecule has 0 radical (unpaired) electrons. The van der Waals surface area contributed by atoms with Crippen molar-refractivity contribution in [1.29, 1.82) is 0 Å². The molecule has 16 heavy (non-hydrogen) atoms. The summed E-state index contributed by atoms with van der Waals surface area (Å²) in [5, 5.41) is 0.923. The first kappa shape index (κ1) is 11.1. The zero-order valence-electron chi connectivity index (χ0n) is 9.14. The lowest BCUT2D eigenvalue weighted by molar-refractivity contribution is 0.427. The van der Waals surface area contributed by atoms with Gasteiger partial charge in [0.05, 0.1) is 7.11 Å². The van der Waals surface area contributed by atoms with Gasteiger partial charge in [0.25, 0.3) is 0 Å². The van der Waals surface area contributed by atoms with Crippen LogP contribution in [-0.4, -0.2) is 18.6 Å². The maximum Gasteiger partial charge on any atom is 0.173 e. The summed E-state index contributed by atoms with van der Waals surface area (Å²) in [7, 11) is 1.68. The van der Waals surface area contributed by atoms with Crippen molar-refractivity contribution in [2.45, 2.75) is 6.42 Å². The second-order valence-corrected chi connectivity index (χ2v) is 4.44. The number of aromatic nitrogens is 1. The first-order chi connectivity index (χ1) is 7.83. The standard InChI is InChI=1S/C12H14N2OS/c1-15-12-3-2-11(16-12)9-5-7-14-10(8-9)4-6-13/h2-3,5,7-8H,4,6,13H2,1H3. The van der Waals surface area contributed by atoms with Gasteiger partial charge in [-0.05, 0) is 36.4 Å². The highest BCUT2D eigenvalue weighted by molar-refractivity contribution is 7.17. The Balaban J connectivity index is 2.28. The minimum Gasteiger partial charge on any atom is -0.487 e. The molecule has 0 fully saturated rings. The molecule has 2 rings (SSSR count). The van der Waals surface area contributed by atoms with Gasteiger partial charge in [0.15, 0.2) is 5.06 Å². The largest absolute Gasteiger partial charge is 0.487 e. The molecular formula is C12H14N2OS. The van der Waals surface area contributed by atoms with Crippen LogP contribution in [0.5, 0.6) is 5.06 Å². The van der Waals surface area contributed by atoms with Gasteiger partial charge in [-0.1, -0.05) is 11.3 Å². The maximum absolute atomic E-state index is 5.52. The van der Waals surface area contributed by atoms with Crippen molar-refractivity contribution in [3.8, 4) is 15.5 Å². The van der Waals surface area contributed by atoms with Crippen molar-refractivity contribution < 1.29 is 4.74 Å². The molecular weight excluding hydrogens is 220 g/mol. The second-order valence-electron chi connectivity index (χ2n) is 3.40. The van der Waals surface area contributed by atoms with Gasteiger partial charge < -0.3 is 10.5 Å². The Kier molecular flexibility index (Phi) is 3.54. The quantitative estimate of drug-likeness (QED) is 0.883. The third-order valence-electron chi connectivity index (χ3n) is 2.28. The summed E-state index contributed by atoms with van der Waals surface area (Å²) in [6.45, 7) is 0.629. The van der Waals surface area contributed by atoms with Crippen LogP contribution in [0.1, 0.15) is 5.69 Å². The van der Waals surface area contributed by atoms with Crippen LogP contribution in [0.2, 0.25) is 0 Å². The van der Waals surface area contributed by atoms with E-state index in [4.69, 9.17) is 10.5 Å². The third kappa shape index (κ3) is 2.40. The van der Waals surface area contributed by atoms with E-state index in [1.807, 2.05) is 18.3 Å². The van der Waals surface area contributed by atoms with Gasteiger partial charge in [0.2, 0.25) is 0 Å². The van der Waals surface area contributed by atoms with E-state index in [-0.39, 0.29) is 0 Å². The molecule has 2 heterocycles. The van der Waals surface area contributed by atoms with Crippen LogP contribution in [0.15, 0.2) is 30.5 Å². The molecule has 0 atom stereocenters. The van der Waals surface area contributed by atoms with Crippen molar-refractivity contribution in [2.24, 2.45) is 5.73 Å². The van der Waals surface area contributed by atoms with Crippen LogP contribution < -0.4 is 10.5 Å². The number of nitrogens with two attached hydrogens (primary N) is 1. The highest BCUT2D eigenvalue weighted by Gasteiger charge is 2.04. The molecule has 4 heteroatoms. The smallest absolute Gasteiger partial charge is 0.173 e. The normalized spacial score (nSPS) is 10.4. The molecule has 0 aliphatic carbocycles. The molecule has 2 N–H and O–H groups in total. The fourth-order valence-corrected chi connectivity index (χ4v) is 2.32. The molecule has 0 saturated heterocycles. The monoisotopic (exact) mass is 234 g/mol. The molecule has 0 amide bonds. The van der Waals surface area contributed by atoms with Crippen molar-refractivity contribution in [3.63, 3.8) is 0 Å². The topological polar surface area (TPSA) is 48.1 Å². The fourth-order valence-electron chi connectivity index (χ4n) is 1.50. The summed E-state index contributed by atoms with van der Waals surface area (Å²) in [4.78, 5) is 5.47. The molecule has 0 saturated carbocycles. The van der Waals surface area contributed by atoms with Crippen molar-refractivity contribution in [3.05, 3.63) is 36.2 Å². The number of nitrogens with zero attached hydrogens (tertiary/aromatic N) is 1. The van der Waals surface area contributed by atoms with E-state index in [9.17, 15) is 0 Å². The zero-order chi connectivity index (χ0) is 11.4. The number of thiophene rings is 1. The Hall–Kier alpha value is -1.39. The van der Waals surface area contributed by atoms with Crippen LogP contribution >= 0.6 is 11.3 Å². The summed E-state index contributed by atoms with van der Waals surface area (Å²) >= 11 is 1.63. The van der Waals surface area contributed by atoms with E-state index < -0.39 is 0 Å². The van der Waals surface area contributed by atoms with Crippen LogP contribution in [0.3, 0.4) is 0 Å². The molecule has 0 aliphatic heterocycles. The number of ether oxygens (including phenoxy) is 1. The predicted molar refractivity (Wildman–Crippen MR) is 66.9 cm³/mol.